The van der Waals surface area contributed by atoms with E-state index in [0.29, 0.717) is 24.9 Å². The zero-order valence-electron chi connectivity index (χ0n) is 16.2. The SMILES string of the molecule is O=S(=O)(c1ccccc1)c1nc(-c2ccccc2)oc1N1CCc2ccccc2C1. The van der Waals surface area contributed by atoms with Gasteiger partial charge in [-0.2, -0.15) is 4.98 Å². The summed E-state index contributed by atoms with van der Waals surface area (Å²) >= 11 is 0. The molecule has 5 rings (SSSR count). The van der Waals surface area contributed by atoms with E-state index < -0.39 is 9.84 Å². The van der Waals surface area contributed by atoms with Gasteiger partial charge < -0.3 is 9.32 Å². The molecule has 0 unspecified atom stereocenters. The van der Waals surface area contributed by atoms with E-state index in [4.69, 9.17) is 4.42 Å². The molecule has 0 saturated carbocycles. The average Bonchev–Trinajstić information content (AvgIpc) is 3.26. The van der Waals surface area contributed by atoms with Gasteiger partial charge in [0.2, 0.25) is 26.6 Å². The molecule has 0 saturated heterocycles. The second-order valence-electron chi connectivity index (χ2n) is 7.25. The highest BCUT2D eigenvalue weighted by molar-refractivity contribution is 7.91. The third kappa shape index (κ3) is 3.29. The van der Waals surface area contributed by atoms with Crippen LogP contribution in [-0.2, 0) is 22.8 Å². The summed E-state index contributed by atoms with van der Waals surface area (Å²) < 4.78 is 33.0. The van der Waals surface area contributed by atoms with Crippen molar-refractivity contribution in [2.45, 2.75) is 22.9 Å². The molecular formula is C24H20N2O3S. The van der Waals surface area contributed by atoms with E-state index in [-0.39, 0.29) is 9.92 Å². The molecule has 0 amide bonds. The number of aromatic nitrogens is 1. The number of hydrogen-bond donors (Lipinski definition) is 0. The lowest BCUT2D eigenvalue weighted by atomic mass is 10.0. The summed E-state index contributed by atoms with van der Waals surface area (Å²) in [5, 5.41) is -0.0352. The van der Waals surface area contributed by atoms with Gasteiger partial charge in [0, 0.05) is 18.7 Å². The molecule has 0 atom stereocenters. The van der Waals surface area contributed by atoms with Crippen LogP contribution in [0.2, 0.25) is 0 Å². The quantitative estimate of drug-likeness (QED) is 0.481. The van der Waals surface area contributed by atoms with Crippen LogP contribution in [0.1, 0.15) is 11.1 Å². The number of fused-ring (bicyclic) bond motifs is 1. The maximum atomic E-state index is 13.4. The number of anilines is 1. The monoisotopic (exact) mass is 416 g/mol. The van der Waals surface area contributed by atoms with Crippen molar-refractivity contribution < 1.29 is 12.8 Å². The summed E-state index contributed by atoms with van der Waals surface area (Å²) in [6.45, 7) is 1.24. The molecule has 0 spiro atoms. The van der Waals surface area contributed by atoms with Crippen LogP contribution in [-0.4, -0.2) is 19.9 Å². The highest BCUT2D eigenvalue weighted by Crippen LogP contribution is 2.36. The molecule has 0 fully saturated rings. The largest absolute Gasteiger partial charge is 0.419 e. The molecule has 1 aliphatic rings. The first-order valence-corrected chi connectivity index (χ1v) is 11.3. The molecule has 150 valence electrons. The third-order valence-electron chi connectivity index (χ3n) is 5.33. The van der Waals surface area contributed by atoms with Crippen molar-refractivity contribution in [3.63, 3.8) is 0 Å². The fourth-order valence-corrected chi connectivity index (χ4v) is 5.10. The molecular weight excluding hydrogens is 396 g/mol. The summed E-state index contributed by atoms with van der Waals surface area (Å²) in [4.78, 5) is 6.64. The Morgan fingerprint density at radius 1 is 0.800 bits per heavy atom. The minimum Gasteiger partial charge on any atom is -0.419 e. The van der Waals surface area contributed by atoms with Crippen LogP contribution < -0.4 is 4.90 Å². The van der Waals surface area contributed by atoms with E-state index in [1.54, 1.807) is 30.3 Å². The normalized spacial score (nSPS) is 13.8. The zero-order valence-corrected chi connectivity index (χ0v) is 17.0. The van der Waals surface area contributed by atoms with Crippen molar-refractivity contribution in [1.82, 2.24) is 4.98 Å². The second kappa shape index (κ2) is 7.46. The first-order valence-electron chi connectivity index (χ1n) is 9.81. The van der Waals surface area contributed by atoms with Gasteiger partial charge in [0.05, 0.1) is 4.90 Å². The maximum Gasteiger partial charge on any atom is 0.236 e. The van der Waals surface area contributed by atoms with Crippen molar-refractivity contribution in [1.29, 1.82) is 0 Å². The number of oxazole rings is 1. The minimum atomic E-state index is -3.83. The summed E-state index contributed by atoms with van der Waals surface area (Å²) in [6.07, 6.45) is 0.822. The predicted molar refractivity (Wildman–Crippen MR) is 115 cm³/mol. The fraction of sp³-hybridized carbons (Fsp3) is 0.125. The van der Waals surface area contributed by atoms with Gasteiger partial charge in [-0.25, -0.2) is 8.42 Å². The highest BCUT2D eigenvalue weighted by Gasteiger charge is 2.32. The van der Waals surface area contributed by atoms with E-state index in [1.165, 1.54) is 11.1 Å². The van der Waals surface area contributed by atoms with Gasteiger partial charge >= 0.3 is 0 Å². The molecule has 1 aliphatic heterocycles. The number of nitrogens with zero attached hydrogens (tertiary/aromatic N) is 2. The summed E-state index contributed by atoms with van der Waals surface area (Å²) in [6, 6.07) is 26.0. The van der Waals surface area contributed by atoms with E-state index in [1.807, 2.05) is 47.4 Å². The summed E-state index contributed by atoms with van der Waals surface area (Å²) in [5.74, 6) is 0.603. The van der Waals surface area contributed by atoms with Crippen LogP contribution in [0.5, 0.6) is 0 Å². The smallest absolute Gasteiger partial charge is 0.236 e. The molecule has 4 aromatic rings. The highest BCUT2D eigenvalue weighted by atomic mass is 32.2. The first kappa shape index (κ1) is 18.6. The van der Waals surface area contributed by atoms with Crippen molar-refractivity contribution in [3.05, 3.63) is 96.1 Å². The first-order chi connectivity index (χ1) is 14.6. The van der Waals surface area contributed by atoms with E-state index >= 15 is 0 Å². The lowest BCUT2D eigenvalue weighted by Gasteiger charge is -2.28. The van der Waals surface area contributed by atoms with Crippen LogP contribution in [0.4, 0.5) is 5.88 Å². The minimum absolute atomic E-state index is 0.0352. The molecule has 5 nitrogen and oxygen atoms in total. The van der Waals surface area contributed by atoms with Crippen LogP contribution in [0.25, 0.3) is 11.5 Å². The number of hydrogen-bond acceptors (Lipinski definition) is 5. The standard InChI is InChI=1S/C24H20N2O3S/c27-30(28,21-13-5-2-6-14-21)23-24(29-22(25-23)19-10-3-1-4-11-19)26-16-15-18-9-7-8-12-20(18)17-26/h1-14H,15-17H2. The van der Waals surface area contributed by atoms with Gasteiger partial charge in [-0.15, -0.1) is 0 Å². The number of sulfone groups is 1. The van der Waals surface area contributed by atoms with Gasteiger partial charge in [-0.1, -0.05) is 60.7 Å². The van der Waals surface area contributed by atoms with Gasteiger partial charge in [0.25, 0.3) is 0 Å². The molecule has 0 bridgehead atoms. The molecule has 1 aromatic heterocycles. The van der Waals surface area contributed by atoms with Gasteiger partial charge in [0.1, 0.15) is 0 Å². The third-order valence-corrected chi connectivity index (χ3v) is 6.99. The zero-order chi connectivity index (χ0) is 20.6. The van der Waals surface area contributed by atoms with Gasteiger partial charge in [0.15, 0.2) is 0 Å². The van der Waals surface area contributed by atoms with Crippen LogP contribution in [0, 0.1) is 0 Å². The van der Waals surface area contributed by atoms with Gasteiger partial charge in [-0.05, 0) is 41.8 Å². The second-order valence-corrected chi connectivity index (χ2v) is 9.12. The van der Waals surface area contributed by atoms with Crippen LogP contribution in [0.3, 0.4) is 0 Å². The Bertz CT molecular complexity index is 1280. The van der Waals surface area contributed by atoms with Crippen LogP contribution >= 0.6 is 0 Å². The predicted octanol–water partition coefficient (Wildman–Crippen LogP) is 4.74. The van der Waals surface area contributed by atoms with Crippen LogP contribution in [0.15, 0.2) is 99.3 Å². The fourth-order valence-electron chi connectivity index (χ4n) is 3.76. The topological polar surface area (TPSA) is 63.4 Å². The lowest BCUT2D eigenvalue weighted by molar-refractivity contribution is 0.533. The molecule has 30 heavy (non-hydrogen) atoms. The van der Waals surface area contributed by atoms with Crippen molar-refractivity contribution >= 4 is 15.7 Å². The Kier molecular flexibility index (Phi) is 4.64. The maximum absolute atomic E-state index is 13.4. The molecule has 0 radical (unpaired) electrons. The Labute approximate surface area is 175 Å². The van der Waals surface area contributed by atoms with E-state index in [9.17, 15) is 8.42 Å². The molecule has 0 N–H and O–H groups in total. The molecule has 6 heteroatoms. The number of benzene rings is 3. The van der Waals surface area contributed by atoms with Crippen molar-refractivity contribution in [2.75, 3.05) is 11.4 Å². The van der Waals surface area contributed by atoms with Crippen molar-refractivity contribution in [2.24, 2.45) is 0 Å². The van der Waals surface area contributed by atoms with E-state index in [2.05, 4.69) is 17.1 Å². The average molecular weight is 417 g/mol. The van der Waals surface area contributed by atoms with E-state index in [0.717, 1.165) is 12.0 Å². The molecule has 2 heterocycles. The number of rotatable bonds is 4. The Morgan fingerprint density at radius 3 is 2.17 bits per heavy atom. The Hall–Kier alpha value is -3.38. The van der Waals surface area contributed by atoms with Crippen molar-refractivity contribution in [3.8, 4) is 11.5 Å². The molecule has 3 aromatic carbocycles. The summed E-state index contributed by atoms with van der Waals surface area (Å²) in [7, 11) is -3.83. The summed E-state index contributed by atoms with van der Waals surface area (Å²) in [5.41, 5.74) is 3.19. The Balaban J connectivity index is 1.64. The Morgan fingerprint density at radius 2 is 1.43 bits per heavy atom. The molecule has 0 aliphatic carbocycles. The lowest BCUT2D eigenvalue weighted by Crippen LogP contribution is -2.31. The van der Waals surface area contributed by atoms with Gasteiger partial charge in [-0.3, -0.25) is 0 Å².